The maximum absolute atomic E-state index is 3.99. The monoisotopic (exact) mass is 133 g/mol. The Morgan fingerprint density at radius 3 is 3.30 bits per heavy atom. The Balaban J connectivity index is 2.21. The number of nitrogens with zero attached hydrogens (tertiary/aromatic N) is 2. The van der Waals surface area contributed by atoms with E-state index in [1.807, 2.05) is 18.5 Å². The second-order valence-corrected chi connectivity index (χ2v) is 2.28. The summed E-state index contributed by atoms with van der Waals surface area (Å²) in [7, 11) is 0. The lowest BCUT2D eigenvalue weighted by atomic mass is 10.00. The molecule has 0 aromatic heterocycles. The van der Waals surface area contributed by atoms with Gasteiger partial charge >= 0.3 is 0 Å². The smallest absolute Gasteiger partial charge is 0.196 e. The van der Waals surface area contributed by atoms with E-state index in [0.29, 0.717) is 5.92 Å². The van der Waals surface area contributed by atoms with E-state index < -0.39 is 0 Å². The summed E-state index contributed by atoms with van der Waals surface area (Å²) in [5.74, 6) is 0.360. The molecule has 3 heteroatoms. The molecule has 10 heavy (non-hydrogen) atoms. The summed E-state index contributed by atoms with van der Waals surface area (Å²) in [5.41, 5.74) is 0. The molecule has 2 aliphatic heterocycles. The maximum Gasteiger partial charge on any atom is 0.196 e. The van der Waals surface area contributed by atoms with Gasteiger partial charge in [0.1, 0.15) is 0 Å². The van der Waals surface area contributed by atoms with Crippen LogP contribution < -0.4 is 5.32 Å². The van der Waals surface area contributed by atoms with Crippen molar-refractivity contribution in [3.8, 4) is 0 Å². The van der Waals surface area contributed by atoms with Gasteiger partial charge < -0.3 is 0 Å². The summed E-state index contributed by atoms with van der Waals surface area (Å²) in [6.07, 6.45) is 7.54. The fourth-order valence-electron chi connectivity index (χ4n) is 1.02. The lowest BCUT2D eigenvalue weighted by Crippen LogP contribution is -2.39. The van der Waals surface area contributed by atoms with Crippen LogP contribution in [0.2, 0.25) is 0 Å². The Kier molecular flexibility index (Phi) is 1.36. The van der Waals surface area contributed by atoms with Crippen molar-refractivity contribution >= 4 is 12.4 Å². The van der Waals surface area contributed by atoms with Crippen molar-refractivity contribution in [3.05, 3.63) is 18.9 Å². The summed E-state index contributed by atoms with van der Waals surface area (Å²) in [6, 6.07) is 0.266. The molecule has 3 nitrogen and oxygen atoms in total. The molecule has 2 rings (SSSR count). The zero-order valence-corrected chi connectivity index (χ0v) is 5.36. The van der Waals surface area contributed by atoms with Gasteiger partial charge in [-0.3, -0.25) is 15.3 Å². The van der Waals surface area contributed by atoms with Gasteiger partial charge in [0.2, 0.25) is 0 Å². The highest BCUT2D eigenvalue weighted by molar-refractivity contribution is 5.78. The zero-order chi connectivity index (χ0) is 6.81. The average molecular weight is 133 g/mol. The van der Waals surface area contributed by atoms with Gasteiger partial charge in [0, 0.05) is 24.5 Å². The van der Waals surface area contributed by atoms with Crippen LogP contribution in [0.15, 0.2) is 22.3 Å². The minimum Gasteiger partial charge on any atom is -0.278 e. The molecule has 2 atom stereocenters. The molecule has 0 saturated carbocycles. The van der Waals surface area contributed by atoms with E-state index in [1.165, 1.54) is 0 Å². The van der Waals surface area contributed by atoms with Gasteiger partial charge in [-0.2, -0.15) is 0 Å². The second-order valence-electron chi connectivity index (χ2n) is 2.28. The minimum atomic E-state index is 0.266. The first-order valence-corrected chi connectivity index (χ1v) is 3.20. The van der Waals surface area contributed by atoms with Gasteiger partial charge in [0.05, 0.1) is 6.04 Å². The molecule has 2 radical (unpaired) electrons. The Hall–Kier alpha value is -0.960. The Labute approximate surface area is 59.6 Å². The summed E-state index contributed by atoms with van der Waals surface area (Å²) in [4.78, 5) is 7.85. The predicted molar refractivity (Wildman–Crippen MR) is 39.8 cm³/mol. The van der Waals surface area contributed by atoms with Gasteiger partial charge in [-0.1, -0.05) is 6.08 Å². The molecule has 0 amide bonds. The SMILES string of the molecule is [C]1N=CC2C=CN=CC2N1. The topological polar surface area (TPSA) is 36.8 Å². The standard InChI is InChI=1S/C7H7N3/c1-2-8-4-7-6(1)3-9-5-10-7/h1-4,6-7,10H. The average Bonchev–Trinajstić information content (AvgIpc) is 2.05. The normalized spacial score (nSPS) is 36.0. The molecule has 2 aliphatic rings. The Morgan fingerprint density at radius 2 is 2.40 bits per heavy atom. The van der Waals surface area contributed by atoms with Crippen LogP contribution in [0.3, 0.4) is 0 Å². The van der Waals surface area contributed by atoms with Crippen molar-refractivity contribution in [3.63, 3.8) is 0 Å². The largest absolute Gasteiger partial charge is 0.278 e. The van der Waals surface area contributed by atoms with E-state index in [2.05, 4.69) is 22.0 Å². The van der Waals surface area contributed by atoms with Crippen LogP contribution in [0.4, 0.5) is 0 Å². The lowest BCUT2D eigenvalue weighted by Gasteiger charge is -2.22. The van der Waals surface area contributed by atoms with Crippen molar-refractivity contribution in [2.45, 2.75) is 6.04 Å². The van der Waals surface area contributed by atoms with Crippen molar-refractivity contribution in [2.75, 3.05) is 0 Å². The summed E-state index contributed by atoms with van der Waals surface area (Å²) < 4.78 is 0. The maximum atomic E-state index is 3.99. The van der Waals surface area contributed by atoms with Gasteiger partial charge in [-0.25, -0.2) is 0 Å². The Morgan fingerprint density at radius 1 is 1.40 bits per heavy atom. The fourth-order valence-corrected chi connectivity index (χ4v) is 1.02. The first-order valence-electron chi connectivity index (χ1n) is 3.20. The van der Waals surface area contributed by atoms with Gasteiger partial charge in [0.25, 0.3) is 0 Å². The van der Waals surface area contributed by atoms with Crippen molar-refractivity contribution in [1.82, 2.24) is 5.32 Å². The van der Waals surface area contributed by atoms with Crippen LogP contribution in [0, 0.1) is 12.6 Å². The van der Waals surface area contributed by atoms with Crippen LogP contribution in [-0.2, 0) is 0 Å². The molecule has 1 N–H and O–H groups in total. The summed E-state index contributed by atoms with van der Waals surface area (Å²) in [6.45, 7) is 2.68. The van der Waals surface area contributed by atoms with Crippen LogP contribution in [0.1, 0.15) is 0 Å². The van der Waals surface area contributed by atoms with Crippen molar-refractivity contribution in [1.29, 1.82) is 0 Å². The molecular formula is C7H7N3. The molecule has 50 valence electrons. The van der Waals surface area contributed by atoms with E-state index in [0.717, 1.165) is 0 Å². The third-order valence-corrected chi connectivity index (χ3v) is 1.60. The Bertz CT molecular complexity index is 205. The van der Waals surface area contributed by atoms with Crippen LogP contribution in [0.5, 0.6) is 0 Å². The van der Waals surface area contributed by atoms with E-state index in [1.54, 1.807) is 6.20 Å². The molecule has 0 bridgehead atoms. The fraction of sp³-hybridized carbons (Fsp3) is 0.286. The first-order chi connectivity index (χ1) is 4.97. The molecular weight excluding hydrogens is 126 g/mol. The van der Waals surface area contributed by atoms with E-state index in [9.17, 15) is 0 Å². The third kappa shape index (κ3) is 0.885. The number of hydrogen-bond donors (Lipinski definition) is 1. The molecule has 2 unspecified atom stereocenters. The van der Waals surface area contributed by atoms with E-state index in [4.69, 9.17) is 0 Å². The molecule has 0 fully saturated rings. The number of fused-ring (bicyclic) bond motifs is 1. The predicted octanol–water partition coefficient (Wildman–Crippen LogP) is 0.240. The molecule has 0 aliphatic carbocycles. The zero-order valence-electron chi connectivity index (χ0n) is 5.36. The number of rotatable bonds is 0. The van der Waals surface area contributed by atoms with Crippen LogP contribution in [0.25, 0.3) is 0 Å². The van der Waals surface area contributed by atoms with E-state index >= 15 is 0 Å². The summed E-state index contributed by atoms with van der Waals surface area (Å²) >= 11 is 0. The van der Waals surface area contributed by atoms with E-state index in [-0.39, 0.29) is 6.04 Å². The quantitative estimate of drug-likeness (QED) is 0.505. The highest BCUT2D eigenvalue weighted by Crippen LogP contribution is 2.10. The van der Waals surface area contributed by atoms with Gasteiger partial charge in [-0.15, -0.1) is 0 Å². The number of aliphatic imine (C=N–C) groups is 2. The van der Waals surface area contributed by atoms with Crippen LogP contribution in [-0.4, -0.2) is 18.5 Å². The summed E-state index contributed by atoms with van der Waals surface area (Å²) in [5, 5.41) is 2.97. The molecule has 0 spiro atoms. The molecule has 0 aromatic carbocycles. The second kappa shape index (κ2) is 2.34. The minimum absolute atomic E-state index is 0.266. The third-order valence-electron chi connectivity index (χ3n) is 1.60. The van der Waals surface area contributed by atoms with Gasteiger partial charge in [-0.05, 0) is 0 Å². The van der Waals surface area contributed by atoms with Gasteiger partial charge in [0.15, 0.2) is 6.67 Å². The molecule has 0 aromatic rings. The number of nitrogens with one attached hydrogen (secondary N) is 1. The first kappa shape index (κ1) is 5.80. The van der Waals surface area contributed by atoms with Crippen molar-refractivity contribution < 1.29 is 0 Å². The highest BCUT2D eigenvalue weighted by Gasteiger charge is 2.19. The molecule has 0 saturated heterocycles. The lowest BCUT2D eigenvalue weighted by molar-refractivity contribution is 0.617. The van der Waals surface area contributed by atoms with Crippen LogP contribution >= 0.6 is 0 Å². The van der Waals surface area contributed by atoms with Crippen molar-refractivity contribution in [2.24, 2.45) is 15.9 Å². The number of hydrogen-bond acceptors (Lipinski definition) is 3. The molecule has 2 heterocycles. The highest BCUT2D eigenvalue weighted by atomic mass is 15.1.